The van der Waals surface area contributed by atoms with Gasteiger partial charge in [-0.1, -0.05) is 6.07 Å². The van der Waals surface area contributed by atoms with Gasteiger partial charge in [0.2, 0.25) is 5.91 Å². The number of likely N-dealkylation sites (N-methyl/N-ethyl adjacent to an activating group) is 1. The predicted molar refractivity (Wildman–Crippen MR) is 108 cm³/mol. The van der Waals surface area contributed by atoms with Gasteiger partial charge in [-0.05, 0) is 63.0 Å². The van der Waals surface area contributed by atoms with Crippen molar-refractivity contribution >= 4 is 28.8 Å². The molecule has 1 aromatic carbocycles. The van der Waals surface area contributed by atoms with Gasteiger partial charge in [0.25, 0.3) is 5.91 Å². The van der Waals surface area contributed by atoms with Gasteiger partial charge in [-0.2, -0.15) is 0 Å². The van der Waals surface area contributed by atoms with Crippen LogP contribution in [0.1, 0.15) is 34.6 Å². The molecule has 0 saturated heterocycles. The third-order valence-corrected chi connectivity index (χ3v) is 5.25. The highest BCUT2D eigenvalue weighted by Gasteiger charge is 2.14. The van der Waals surface area contributed by atoms with Crippen LogP contribution in [0.25, 0.3) is 0 Å². The number of anilines is 1. The zero-order valence-electron chi connectivity index (χ0n) is 15.9. The fourth-order valence-electron chi connectivity index (χ4n) is 2.74. The monoisotopic (exact) mass is 373 g/mol. The Kier molecular flexibility index (Phi) is 7.36. The number of carbonyl (C=O) groups is 2. The molecule has 2 rings (SSSR count). The van der Waals surface area contributed by atoms with Gasteiger partial charge < -0.3 is 10.2 Å². The number of thiophene rings is 1. The number of nitrogens with one attached hydrogen (secondary N) is 1. The van der Waals surface area contributed by atoms with Gasteiger partial charge in [0.15, 0.2) is 0 Å². The maximum Gasteiger partial charge on any atom is 0.253 e. The number of carbonyl (C=O) groups excluding carboxylic acids is 2. The van der Waals surface area contributed by atoms with Crippen molar-refractivity contribution in [2.75, 3.05) is 32.0 Å². The first-order valence-electron chi connectivity index (χ1n) is 8.85. The summed E-state index contributed by atoms with van der Waals surface area (Å²) in [6.45, 7) is 8.37. The highest BCUT2D eigenvalue weighted by molar-refractivity contribution is 7.10. The van der Waals surface area contributed by atoms with Crippen molar-refractivity contribution in [2.24, 2.45) is 0 Å². The Labute approximate surface area is 159 Å². The van der Waals surface area contributed by atoms with Crippen LogP contribution in [-0.4, -0.2) is 48.3 Å². The Bertz CT molecular complexity index is 753. The molecule has 26 heavy (non-hydrogen) atoms. The Morgan fingerprint density at radius 3 is 2.50 bits per heavy atom. The molecule has 6 heteroatoms. The van der Waals surface area contributed by atoms with E-state index in [1.807, 2.05) is 25.8 Å². The molecular weight excluding hydrogens is 346 g/mol. The van der Waals surface area contributed by atoms with E-state index in [9.17, 15) is 9.59 Å². The van der Waals surface area contributed by atoms with Gasteiger partial charge in [-0.3, -0.25) is 14.5 Å². The number of hydrogen-bond acceptors (Lipinski definition) is 4. The first-order chi connectivity index (χ1) is 12.4. The van der Waals surface area contributed by atoms with Crippen LogP contribution in [0.4, 0.5) is 5.69 Å². The summed E-state index contributed by atoms with van der Waals surface area (Å²) in [4.78, 5) is 29.8. The average Bonchev–Trinajstić information content (AvgIpc) is 3.00. The van der Waals surface area contributed by atoms with Crippen LogP contribution >= 0.6 is 11.3 Å². The van der Waals surface area contributed by atoms with Crippen molar-refractivity contribution in [3.8, 4) is 0 Å². The molecule has 0 radical (unpaired) electrons. The molecule has 0 aliphatic heterocycles. The number of benzene rings is 1. The second-order valence-electron chi connectivity index (χ2n) is 6.31. The number of hydrogen-bond donors (Lipinski definition) is 1. The van der Waals surface area contributed by atoms with Crippen LogP contribution < -0.4 is 5.32 Å². The standard InChI is InChI=1S/C20H27N3O2S/c1-5-23(6-2)20(25)16-8-7-9-17(12-16)21-19(24)14-22(4)13-18-15(3)10-11-26-18/h7-12H,5-6,13-14H2,1-4H3,(H,21,24). The topological polar surface area (TPSA) is 52.7 Å². The minimum absolute atomic E-state index is 0.0172. The van der Waals surface area contributed by atoms with Crippen molar-refractivity contribution in [1.82, 2.24) is 9.80 Å². The summed E-state index contributed by atoms with van der Waals surface area (Å²) in [6, 6.07) is 9.21. The normalized spacial score (nSPS) is 10.8. The summed E-state index contributed by atoms with van der Waals surface area (Å²) < 4.78 is 0. The summed E-state index contributed by atoms with van der Waals surface area (Å²) in [7, 11) is 1.93. The fraction of sp³-hybridized carbons (Fsp3) is 0.400. The van der Waals surface area contributed by atoms with Crippen LogP contribution in [0, 0.1) is 6.92 Å². The average molecular weight is 374 g/mol. The van der Waals surface area contributed by atoms with Crippen LogP contribution in [-0.2, 0) is 11.3 Å². The Morgan fingerprint density at radius 1 is 1.15 bits per heavy atom. The van der Waals surface area contributed by atoms with Gasteiger partial charge in [0, 0.05) is 35.8 Å². The highest BCUT2D eigenvalue weighted by Crippen LogP contribution is 2.17. The van der Waals surface area contributed by atoms with E-state index in [0.717, 1.165) is 6.54 Å². The van der Waals surface area contributed by atoms with Crippen molar-refractivity contribution in [3.63, 3.8) is 0 Å². The molecular formula is C20H27N3O2S. The lowest BCUT2D eigenvalue weighted by Crippen LogP contribution is -2.31. The van der Waals surface area contributed by atoms with E-state index in [1.54, 1.807) is 40.5 Å². The second kappa shape index (κ2) is 9.50. The number of aryl methyl sites for hydroxylation is 1. The van der Waals surface area contributed by atoms with Gasteiger partial charge in [-0.15, -0.1) is 11.3 Å². The Balaban J connectivity index is 1.95. The number of nitrogens with zero attached hydrogens (tertiary/aromatic N) is 2. The molecule has 2 amide bonds. The van der Waals surface area contributed by atoms with Gasteiger partial charge in [0.1, 0.15) is 0 Å². The lowest BCUT2D eigenvalue weighted by Gasteiger charge is -2.19. The smallest absolute Gasteiger partial charge is 0.253 e. The maximum absolute atomic E-state index is 12.4. The van der Waals surface area contributed by atoms with Crippen molar-refractivity contribution < 1.29 is 9.59 Å². The molecule has 0 unspecified atom stereocenters. The zero-order valence-corrected chi connectivity index (χ0v) is 16.7. The van der Waals surface area contributed by atoms with Crippen molar-refractivity contribution in [3.05, 3.63) is 51.7 Å². The Hall–Kier alpha value is -2.18. The maximum atomic E-state index is 12.4. The van der Waals surface area contributed by atoms with E-state index >= 15 is 0 Å². The summed E-state index contributed by atoms with van der Waals surface area (Å²) in [5.74, 6) is -0.106. The minimum atomic E-state index is -0.0888. The third-order valence-electron chi connectivity index (χ3n) is 4.24. The molecule has 0 saturated carbocycles. The number of amides is 2. The van der Waals surface area contributed by atoms with Crippen LogP contribution in [0.5, 0.6) is 0 Å². The van der Waals surface area contributed by atoms with E-state index in [2.05, 4.69) is 23.7 Å². The van der Waals surface area contributed by atoms with E-state index in [0.29, 0.717) is 30.9 Å². The molecule has 0 spiro atoms. The summed E-state index contributed by atoms with van der Waals surface area (Å²) >= 11 is 1.71. The fourth-order valence-corrected chi connectivity index (χ4v) is 3.72. The van der Waals surface area contributed by atoms with Gasteiger partial charge >= 0.3 is 0 Å². The largest absolute Gasteiger partial charge is 0.339 e. The van der Waals surface area contributed by atoms with E-state index in [4.69, 9.17) is 0 Å². The van der Waals surface area contributed by atoms with Gasteiger partial charge in [-0.25, -0.2) is 0 Å². The zero-order chi connectivity index (χ0) is 19.1. The van der Waals surface area contributed by atoms with E-state index < -0.39 is 0 Å². The predicted octanol–water partition coefficient (Wildman–Crippen LogP) is 3.61. The molecule has 1 N–H and O–H groups in total. The molecule has 1 heterocycles. The number of rotatable bonds is 8. The first kappa shape index (κ1) is 20.1. The van der Waals surface area contributed by atoms with E-state index in [1.165, 1.54) is 10.4 Å². The second-order valence-corrected chi connectivity index (χ2v) is 7.31. The quantitative estimate of drug-likeness (QED) is 0.769. The first-order valence-corrected chi connectivity index (χ1v) is 9.73. The lowest BCUT2D eigenvalue weighted by atomic mass is 10.1. The minimum Gasteiger partial charge on any atom is -0.339 e. The van der Waals surface area contributed by atoms with Gasteiger partial charge in [0.05, 0.1) is 6.54 Å². The van der Waals surface area contributed by atoms with Crippen LogP contribution in [0.3, 0.4) is 0 Å². The highest BCUT2D eigenvalue weighted by atomic mass is 32.1. The van der Waals surface area contributed by atoms with Crippen LogP contribution in [0.2, 0.25) is 0 Å². The Morgan fingerprint density at radius 2 is 1.88 bits per heavy atom. The summed E-state index contributed by atoms with van der Waals surface area (Å²) in [5.41, 5.74) is 2.49. The van der Waals surface area contributed by atoms with Crippen LogP contribution in [0.15, 0.2) is 35.7 Å². The van der Waals surface area contributed by atoms with E-state index in [-0.39, 0.29) is 11.8 Å². The molecule has 0 fully saturated rings. The molecule has 5 nitrogen and oxygen atoms in total. The molecule has 0 aliphatic carbocycles. The molecule has 0 aliphatic rings. The summed E-state index contributed by atoms with van der Waals surface area (Å²) in [6.07, 6.45) is 0. The summed E-state index contributed by atoms with van der Waals surface area (Å²) in [5, 5.41) is 4.96. The van der Waals surface area contributed by atoms with Crippen molar-refractivity contribution in [2.45, 2.75) is 27.3 Å². The molecule has 0 atom stereocenters. The lowest BCUT2D eigenvalue weighted by molar-refractivity contribution is -0.117. The van der Waals surface area contributed by atoms with Crippen molar-refractivity contribution in [1.29, 1.82) is 0 Å². The SMILES string of the molecule is CCN(CC)C(=O)c1cccc(NC(=O)CN(C)Cc2sccc2C)c1. The molecule has 140 valence electrons. The molecule has 1 aromatic heterocycles. The molecule has 0 bridgehead atoms. The third kappa shape index (κ3) is 5.41. The molecule has 2 aromatic rings.